The van der Waals surface area contributed by atoms with E-state index in [-0.39, 0.29) is 26.2 Å². The predicted molar refractivity (Wildman–Crippen MR) is 114 cm³/mol. The van der Waals surface area contributed by atoms with Crippen molar-refractivity contribution in [3.05, 3.63) is 71.9 Å². The van der Waals surface area contributed by atoms with Crippen LogP contribution in [-0.4, -0.2) is 68.0 Å². The quantitative estimate of drug-likeness (QED) is 0.610. The molecule has 2 unspecified atom stereocenters. The monoisotopic (exact) mass is 453 g/mol. The van der Waals surface area contributed by atoms with E-state index in [1.807, 2.05) is 24.3 Å². The molecular formula is C23H31N4Zr-. The molecule has 1 aromatic heterocycles. The van der Waals surface area contributed by atoms with E-state index in [0.29, 0.717) is 18.1 Å². The van der Waals surface area contributed by atoms with Gasteiger partial charge in [-0.1, -0.05) is 36.4 Å². The minimum atomic E-state index is 0. The Morgan fingerprint density at radius 3 is 1.68 bits per heavy atom. The van der Waals surface area contributed by atoms with Gasteiger partial charge in [0.15, 0.2) is 0 Å². The van der Waals surface area contributed by atoms with Crippen LogP contribution in [0, 0.1) is 6.20 Å². The van der Waals surface area contributed by atoms with Crippen molar-refractivity contribution in [1.82, 2.24) is 19.7 Å². The van der Waals surface area contributed by atoms with Crippen LogP contribution in [0.2, 0.25) is 0 Å². The standard InChI is InChI=1S/C15H25N3.C8H6N.Zr/c1-16(2)13-11-9-7-8-10-12(11)14(17(3)4)15(13)18(5)6;1-2-4-8-7(3-1)5-6-9-8;/h7-10,13-15H,1-6H3;1-5,9H;/q;-1;. The summed E-state index contributed by atoms with van der Waals surface area (Å²) in [6.45, 7) is 0. The van der Waals surface area contributed by atoms with Gasteiger partial charge in [-0.25, -0.2) is 0 Å². The molecule has 0 radical (unpaired) electrons. The van der Waals surface area contributed by atoms with Gasteiger partial charge in [0, 0.05) is 32.2 Å². The third-order valence-electron chi connectivity index (χ3n) is 5.38. The van der Waals surface area contributed by atoms with Gasteiger partial charge >= 0.3 is 0 Å². The summed E-state index contributed by atoms with van der Waals surface area (Å²) in [4.78, 5) is 10.0. The van der Waals surface area contributed by atoms with Crippen LogP contribution in [-0.2, 0) is 26.2 Å². The maximum absolute atomic E-state index is 2.99. The van der Waals surface area contributed by atoms with Gasteiger partial charge in [-0.3, -0.25) is 0 Å². The molecule has 1 heterocycles. The molecular weight excluding hydrogens is 424 g/mol. The molecule has 2 aromatic carbocycles. The van der Waals surface area contributed by atoms with E-state index in [4.69, 9.17) is 0 Å². The smallest absolute Gasteiger partial charge is 0.0520 e. The second-order valence-electron chi connectivity index (χ2n) is 7.90. The molecule has 2 atom stereocenters. The van der Waals surface area contributed by atoms with E-state index in [2.05, 4.69) is 98.5 Å². The van der Waals surface area contributed by atoms with Crippen molar-refractivity contribution in [2.45, 2.75) is 18.1 Å². The zero-order valence-corrected chi connectivity index (χ0v) is 20.2. The minimum absolute atomic E-state index is 0. The van der Waals surface area contributed by atoms with Crippen molar-refractivity contribution in [3.63, 3.8) is 0 Å². The first-order valence-electron chi connectivity index (χ1n) is 9.43. The van der Waals surface area contributed by atoms with E-state index < -0.39 is 0 Å². The molecule has 0 saturated heterocycles. The molecule has 0 amide bonds. The van der Waals surface area contributed by atoms with Crippen LogP contribution in [0.5, 0.6) is 0 Å². The minimum Gasteiger partial charge on any atom is -0.477 e. The third kappa shape index (κ3) is 4.65. The fourth-order valence-corrected chi connectivity index (χ4v) is 4.25. The van der Waals surface area contributed by atoms with E-state index in [1.54, 1.807) is 0 Å². The molecule has 0 saturated carbocycles. The topological polar surface area (TPSA) is 25.5 Å². The molecule has 5 heteroatoms. The molecule has 3 aromatic rings. The van der Waals surface area contributed by atoms with E-state index >= 15 is 0 Å². The molecule has 4 rings (SSSR count). The average Bonchev–Trinajstić information content (AvgIpc) is 3.24. The average molecular weight is 455 g/mol. The first kappa shape index (κ1) is 23.0. The Balaban J connectivity index is 0.000000235. The number of fused-ring (bicyclic) bond motifs is 2. The normalized spacial score (nSPS) is 20.8. The number of para-hydroxylation sites is 1. The second kappa shape index (κ2) is 9.98. The molecule has 1 aliphatic rings. The Bertz CT molecular complexity index is 806. The first-order valence-corrected chi connectivity index (χ1v) is 9.43. The molecule has 1 aliphatic carbocycles. The van der Waals surface area contributed by atoms with Crippen molar-refractivity contribution in [1.29, 1.82) is 0 Å². The van der Waals surface area contributed by atoms with Gasteiger partial charge in [-0.15, -0.1) is 23.8 Å². The van der Waals surface area contributed by atoms with Crippen LogP contribution in [0.3, 0.4) is 0 Å². The Morgan fingerprint density at radius 1 is 0.714 bits per heavy atom. The van der Waals surface area contributed by atoms with Crippen molar-refractivity contribution in [2.24, 2.45) is 0 Å². The SMILES string of the molecule is CN(C)C1c2ccccc2C(N(C)C)C1N(C)C.[Zr].[c-]1cc2ccccc2[nH]1. The summed E-state index contributed by atoms with van der Waals surface area (Å²) in [6.07, 6.45) is 2.91. The Hall–Kier alpha value is -1.26. The summed E-state index contributed by atoms with van der Waals surface area (Å²) >= 11 is 0. The van der Waals surface area contributed by atoms with Gasteiger partial charge in [0.1, 0.15) is 0 Å². The molecule has 0 aliphatic heterocycles. The maximum Gasteiger partial charge on any atom is 0.0520 e. The summed E-state index contributed by atoms with van der Waals surface area (Å²) in [6, 6.07) is 20.3. The van der Waals surface area contributed by atoms with E-state index in [0.717, 1.165) is 5.52 Å². The summed E-state index contributed by atoms with van der Waals surface area (Å²) < 4.78 is 0. The number of hydrogen-bond acceptors (Lipinski definition) is 3. The largest absolute Gasteiger partial charge is 0.477 e. The Kier molecular flexibility index (Phi) is 8.21. The summed E-state index contributed by atoms with van der Waals surface area (Å²) in [5, 5.41) is 1.22. The van der Waals surface area contributed by atoms with Gasteiger partial charge in [-0.05, 0) is 53.4 Å². The van der Waals surface area contributed by atoms with Crippen molar-refractivity contribution >= 4 is 10.9 Å². The Labute approximate surface area is 188 Å². The van der Waals surface area contributed by atoms with Gasteiger partial charge in [-0.2, -0.15) is 11.5 Å². The van der Waals surface area contributed by atoms with Gasteiger partial charge < -0.3 is 19.7 Å². The molecule has 4 nitrogen and oxygen atoms in total. The summed E-state index contributed by atoms with van der Waals surface area (Å²) in [5.74, 6) is 0. The summed E-state index contributed by atoms with van der Waals surface area (Å²) in [5.41, 5.74) is 4.09. The fourth-order valence-electron chi connectivity index (χ4n) is 4.25. The van der Waals surface area contributed by atoms with Crippen LogP contribution in [0.25, 0.3) is 10.9 Å². The predicted octanol–water partition coefficient (Wildman–Crippen LogP) is 3.80. The van der Waals surface area contributed by atoms with Crippen LogP contribution in [0.4, 0.5) is 0 Å². The molecule has 0 spiro atoms. The van der Waals surface area contributed by atoms with Gasteiger partial charge in [0.2, 0.25) is 0 Å². The zero-order valence-electron chi connectivity index (χ0n) is 17.8. The van der Waals surface area contributed by atoms with Gasteiger partial charge in [0.05, 0.1) is 12.1 Å². The molecule has 28 heavy (non-hydrogen) atoms. The maximum atomic E-state index is 2.99. The number of nitrogens with one attached hydrogen (secondary N) is 1. The van der Waals surface area contributed by atoms with Crippen LogP contribution in [0.1, 0.15) is 23.2 Å². The Morgan fingerprint density at radius 2 is 1.21 bits per heavy atom. The molecule has 1 N–H and O–H groups in total. The van der Waals surface area contributed by atoms with Crippen molar-refractivity contribution in [2.75, 3.05) is 42.3 Å². The number of nitrogens with zero attached hydrogens (tertiary/aromatic N) is 3. The number of aromatic amines is 1. The van der Waals surface area contributed by atoms with E-state index in [1.165, 1.54) is 16.5 Å². The third-order valence-corrected chi connectivity index (χ3v) is 5.38. The number of H-pyrrole nitrogens is 1. The van der Waals surface area contributed by atoms with Crippen molar-refractivity contribution in [3.8, 4) is 0 Å². The number of aromatic nitrogens is 1. The molecule has 148 valence electrons. The van der Waals surface area contributed by atoms with Gasteiger partial charge in [0.25, 0.3) is 0 Å². The van der Waals surface area contributed by atoms with Crippen LogP contribution in [0.15, 0.2) is 54.6 Å². The van der Waals surface area contributed by atoms with E-state index in [9.17, 15) is 0 Å². The molecule has 0 bridgehead atoms. The number of benzene rings is 2. The fraction of sp³-hybridized carbons (Fsp3) is 0.391. The number of likely N-dealkylation sites (N-methyl/N-ethyl adjacent to an activating group) is 3. The number of rotatable bonds is 3. The zero-order chi connectivity index (χ0) is 19.6. The summed E-state index contributed by atoms with van der Waals surface area (Å²) in [7, 11) is 13.1. The molecule has 0 fully saturated rings. The van der Waals surface area contributed by atoms with Crippen LogP contribution < -0.4 is 0 Å². The van der Waals surface area contributed by atoms with Crippen LogP contribution >= 0.6 is 0 Å². The second-order valence-corrected chi connectivity index (χ2v) is 7.90. The first-order chi connectivity index (χ1) is 12.9. The number of hydrogen-bond donors (Lipinski definition) is 1. The van der Waals surface area contributed by atoms with Crippen molar-refractivity contribution < 1.29 is 26.2 Å².